The van der Waals surface area contributed by atoms with E-state index < -0.39 is 21.7 Å². The van der Waals surface area contributed by atoms with Crippen molar-refractivity contribution in [3.63, 3.8) is 0 Å². The lowest BCUT2D eigenvalue weighted by molar-refractivity contribution is -0.121. The molecule has 0 saturated carbocycles. The number of hydrogen-bond acceptors (Lipinski definition) is 4. The Kier molecular flexibility index (Phi) is 5.68. The minimum absolute atomic E-state index is 0.135. The van der Waals surface area contributed by atoms with Gasteiger partial charge in [-0.15, -0.1) is 0 Å². The van der Waals surface area contributed by atoms with Gasteiger partial charge in [-0.3, -0.25) is 4.79 Å². The summed E-state index contributed by atoms with van der Waals surface area (Å²) in [6.07, 6.45) is 0.760. The van der Waals surface area contributed by atoms with Gasteiger partial charge in [-0.1, -0.05) is 6.92 Å². The minimum Gasteiger partial charge on any atom is -0.396 e. The molecule has 0 aromatic heterocycles. The van der Waals surface area contributed by atoms with E-state index in [1.54, 1.807) is 0 Å². The molecule has 0 unspecified atom stereocenters. The van der Waals surface area contributed by atoms with Crippen molar-refractivity contribution in [1.82, 2.24) is 9.62 Å². The molecular formula is C13H20FN3O3S. The summed E-state index contributed by atoms with van der Waals surface area (Å²) in [5.74, 6) is -1.04. The standard InChI is InChI=1S/C13H20FN3O3S/c1-4-5-16-12(18)8-17(3)21(19,20)10-6-9(2)13(14)11(15)7-10/h6-7H,4-5,8,15H2,1-3H3,(H,16,18). The molecule has 0 aliphatic heterocycles. The number of nitrogens with zero attached hydrogens (tertiary/aromatic N) is 1. The first kappa shape index (κ1) is 17.4. The molecule has 6 nitrogen and oxygen atoms in total. The number of nitrogens with one attached hydrogen (secondary N) is 1. The Morgan fingerprint density at radius 2 is 2.05 bits per heavy atom. The summed E-state index contributed by atoms with van der Waals surface area (Å²) < 4.78 is 39.0. The second kappa shape index (κ2) is 6.86. The fourth-order valence-corrected chi connectivity index (χ4v) is 2.95. The monoisotopic (exact) mass is 317 g/mol. The van der Waals surface area contributed by atoms with E-state index in [0.717, 1.165) is 16.8 Å². The molecule has 1 amide bonds. The van der Waals surface area contributed by atoms with Gasteiger partial charge >= 0.3 is 0 Å². The first-order chi connectivity index (χ1) is 9.70. The largest absolute Gasteiger partial charge is 0.396 e. The van der Waals surface area contributed by atoms with Crippen molar-refractivity contribution in [2.75, 3.05) is 25.9 Å². The van der Waals surface area contributed by atoms with Gasteiger partial charge in [0.15, 0.2) is 0 Å². The van der Waals surface area contributed by atoms with Crippen molar-refractivity contribution < 1.29 is 17.6 Å². The Labute approximate surface area is 124 Å². The Balaban J connectivity index is 2.97. The molecular weight excluding hydrogens is 297 g/mol. The SMILES string of the molecule is CCCNC(=O)CN(C)S(=O)(=O)c1cc(C)c(F)c(N)c1. The van der Waals surface area contributed by atoms with Crippen LogP contribution in [0.2, 0.25) is 0 Å². The molecule has 1 aromatic carbocycles. The van der Waals surface area contributed by atoms with Gasteiger partial charge in [0.2, 0.25) is 15.9 Å². The molecule has 21 heavy (non-hydrogen) atoms. The number of nitrogens with two attached hydrogens (primary N) is 1. The number of likely N-dealkylation sites (N-methyl/N-ethyl adjacent to an activating group) is 1. The molecule has 0 radical (unpaired) electrons. The number of amides is 1. The van der Waals surface area contributed by atoms with Crippen molar-refractivity contribution in [1.29, 1.82) is 0 Å². The highest BCUT2D eigenvalue weighted by molar-refractivity contribution is 7.89. The zero-order chi connectivity index (χ0) is 16.2. The summed E-state index contributed by atoms with van der Waals surface area (Å²) in [6, 6.07) is 2.25. The first-order valence-electron chi connectivity index (χ1n) is 6.48. The van der Waals surface area contributed by atoms with Crippen LogP contribution in [0.1, 0.15) is 18.9 Å². The highest BCUT2D eigenvalue weighted by Crippen LogP contribution is 2.22. The number of sulfonamides is 1. The second-order valence-electron chi connectivity index (χ2n) is 4.75. The van der Waals surface area contributed by atoms with Crippen LogP contribution in [0.4, 0.5) is 10.1 Å². The summed E-state index contributed by atoms with van der Waals surface area (Å²) in [7, 11) is -2.61. The summed E-state index contributed by atoms with van der Waals surface area (Å²) in [5, 5.41) is 2.59. The van der Waals surface area contributed by atoms with E-state index in [0.29, 0.717) is 6.54 Å². The summed E-state index contributed by atoms with van der Waals surface area (Å²) in [6.45, 7) is 3.50. The van der Waals surface area contributed by atoms with E-state index in [4.69, 9.17) is 5.73 Å². The van der Waals surface area contributed by atoms with Crippen LogP contribution < -0.4 is 11.1 Å². The number of carbonyl (C=O) groups excluding carboxylic acids is 1. The van der Waals surface area contributed by atoms with Crippen LogP contribution in [-0.4, -0.2) is 38.8 Å². The normalized spacial score (nSPS) is 11.7. The molecule has 0 aliphatic rings. The van der Waals surface area contributed by atoms with Crippen LogP contribution in [0.25, 0.3) is 0 Å². The summed E-state index contributed by atoms with van der Waals surface area (Å²) >= 11 is 0. The third-order valence-corrected chi connectivity index (χ3v) is 4.68. The zero-order valence-corrected chi connectivity index (χ0v) is 13.1. The fourth-order valence-electron chi connectivity index (χ4n) is 1.70. The third-order valence-electron chi connectivity index (χ3n) is 2.90. The van der Waals surface area contributed by atoms with E-state index in [-0.39, 0.29) is 22.7 Å². The third kappa shape index (κ3) is 4.15. The molecule has 118 valence electrons. The van der Waals surface area contributed by atoms with Crippen LogP contribution in [0, 0.1) is 12.7 Å². The van der Waals surface area contributed by atoms with Crippen molar-refractivity contribution in [3.8, 4) is 0 Å². The molecule has 1 aromatic rings. The predicted octanol–water partition coefficient (Wildman–Crippen LogP) is 0.863. The second-order valence-corrected chi connectivity index (χ2v) is 6.80. The molecule has 0 spiro atoms. The Hall–Kier alpha value is -1.67. The highest BCUT2D eigenvalue weighted by atomic mass is 32.2. The summed E-state index contributed by atoms with van der Waals surface area (Å²) in [4.78, 5) is 11.4. The number of benzene rings is 1. The molecule has 1 rings (SSSR count). The van der Waals surface area contributed by atoms with Gasteiger partial charge in [0.25, 0.3) is 0 Å². The molecule has 0 atom stereocenters. The quantitative estimate of drug-likeness (QED) is 0.761. The van der Waals surface area contributed by atoms with Crippen molar-refractivity contribution >= 4 is 21.6 Å². The van der Waals surface area contributed by atoms with Crippen LogP contribution in [0.15, 0.2) is 17.0 Å². The van der Waals surface area contributed by atoms with Crippen LogP contribution in [0.3, 0.4) is 0 Å². The number of nitrogen functional groups attached to an aromatic ring is 1. The number of hydrogen-bond donors (Lipinski definition) is 2. The topological polar surface area (TPSA) is 92.5 Å². The smallest absolute Gasteiger partial charge is 0.243 e. The lowest BCUT2D eigenvalue weighted by atomic mass is 10.2. The van der Waals surface area contributed by atoms with Crippen LogP contribution in [-0.2, 0) is 14.8 Å². The van der Waals surface area contributed by atoms with Gasteiger partial charge in [-0.2, -0.15) is 4.31 Å². The average molecular weight is 317 g/mol. The maximum absolute atomic E-state index is 13.5. The van der Waals surface area contributed by atoms with E-state index in [1.807, 2.05) is 6.92 Å². The van der Waals surface area contributed by atoms with Gasteiger partial charge in [-0.25, -0.2) is 12.8 Å². The molecule has 3 N–H and O–H groups in total. The Bertz CT molecular complexity index is 609. The lowest BCUT2D eigenvalue weighted by Gasteiger charge is -2.17. The van der Waals surface area contributed by atoms with Crippen molar-refractivity contribution in [2.45, 2.75) is 25.2 Å². The number of aryl methyl sites for hydroxylation is 1. The molecule has 0 saturated heterocycles. The molecule has 0 aliphatic carbocycles. The number of rotatable bonds is 6. The fraction of sp³-hybridized carbons (Fsp3) is 0.462. The van der Waals surface area contributed by atoms with Gasteiger partial charge in [-0.05, 0) is 31.0 Å². The Morgan fingerprint density at radius 1 is 1.43 bits per heavy atom. The Morgan fingerprint density at radius 3 is 2.57 bits per heavy atom. The van der Waals surface area contributed by atoms with Crippen molar-refractivity contribution in [3.05, 3.63) is 23.5 Å². The van der Waals surface area contributed by atoms with E-state index in [9.17, 15) is 17.6 Å². The van der Waals surface area contributed by atoms with E-state index >= 15 is 0 Å². The molecule has 0 bridgehead atoms. The van der Waals surface area contributed by atoms with Gasteiger partial charge < -0.3 is 11.1 Å². The first-order valence-corrected chi connectivity index (χ1v) is 7.92. The number of anilines is 1. The predicted molar refractivity (Wildman–Crippen MR) is 78.7 cm³/mol. The number of carbonyl (C=O) groups is 1. The van der Waals surface area contributed by atoms with Gasteiger partial charge in [0.05, 0.1) is 17.1 Å². The van der Waals surface area contributed by atoms with E-state index in [2.05, 4.69) is 5.32 Å². The van der Waals surface area contributed by atoms with Gasteiger partial charge in [0.1, 0.15) is 5.82 Å². The minimum atomic E-state index is -3.90. The lowest BCUT2D eigenvalue weighted by Crippen LogP contribution is -2.38. The molecule has 0 heterocycles. The summed E-state index contributed by atoms with van der Waals surface area (Å²) in [5.41, 5.74) is 5.35. The maximum atomic E-state index is 13.5. The number of halogens is 1. The zero-order valence-electron chi connectivity index (χ0n) is 12.3. The maximum Gasteiger partial charge on any atom is 0.243 e. The van der Waals surface area contributed by atoms with Gasteiger partial charge in [0, 0.05) is 13.6 Å². The van der Waals surface area contributed by atoms with E-state index in [1.165, 1.54) is 20.0 Å². The van der Waals surface area contributed by atoms with Crippen LogP contribution >= 0.6 is 0 Å². The van der Waals surface area contributed by atoms with Crippen LogP contribution in [0.5, 0.6) is 0 Å². The molecule has 8 heteroatoms. The highest BCUT2D eigenvalue weighted by Gasteiger charge is 2.24. The molecule has 0 fully saturated rings. The average Bonchev–Trinajstić information content (AvgIpc) is 2.41. The van der Waals surface area contributed by atoms with Crippen molar-refractivity contribution in [2.24, 2.45) is 0 Å².